The average molecular weight is 466 g/mol. The number of nitrogens with one attached hydrogen (secondary N) is 1. The van der Waals surface area contributed by atoms with E-state index >= 15 is 0 Å². The number of rotatable bonds is 7. The lowest BCUT2D eigenvalue weighted by Gasteiger charge is -2.25. The van der Waals surface area contributed by atoms with Crippen LogP contribution in [-0.2, 0) is 9.59 Å². The van der Waals surface area contributed by atoms with Crippen molar-refractivity contribution >= 4 is 29.0 Å². The Kier molecular flexibility index (Phi) is 7.53. The summed E-state index contributed by atoms with van der Waals surface area (Å²) in [6.45, 7) is 2.47. The fourth-order valence-corrected chi connectivity index (χ4v) is 4.18. The van der Waals surface area contributed by atoms with Gasteiger partial charge in [-0.15, -0.1) is 0 Å². The highest BCUT2D eigenvalue weighted by atomic mass is 16.2. The SMILES string of the molecule is Cc1ccccc1N(CCC#N)C1=NN(C(=O)CC(=O)Nc2ccccc2)[C@H](c2ccccc2)C1. The molecule has 0 fully saturated rings. The summed E-state index contributed by atoms with van der Waals surface area (Å²) in [5, 5.41) is 18.1. The van der Waals surface area contributed by atoms with Gasteiger partial charge in [0.15, 0.2) is 0 Å². The molecule has 2 amide bonds. The lowest BCUT2D eigenvalue weighted by atomic mass is 10.0. The smallest absolute Gasteiger partial charge is 0.252 e. The molecule has 4 rings (SSSR count). The van der Waals surface area contributed by atoms with Gasteiger partial charge >= 0.3 is 0 Å². The molecular weight excluding hydrogens is 438 g/mol. The fraction of sp³-hybridized carbons (Fsp3) is 0.214. The Morgan fingerprint density at radius 2 is 1.69 bits per heavy atom. The van der Waals surface area contributed by atoms with Gasteiger partial charge in [0, 0.05) is 24.3 Å². The highest BCUT2D eigenvalue weighted by Crippen LogP contribution is 2.34. The van der Waals surface area contributed by atoms with E-state index in [0.29, 0.717) is 30.9 Å². The number of nitriles is 1. The van der Waals surface area contributed by atoms with E-state index in [1.165, 1.54) is 5.01 Å². The Morgan fingerprint density at radius 1 is 1.03 bits per heavy atom. The number of carbonyl (C=O) groups excluding carboxylic acids is 2. The molecule has 1 aliphatic rings. The Bertz CT molecular complexity index is 1250. The zero-order chi connectivity index (χ0) is 24.6. The van der Waals surface area contributed by atoms with Crippen LogP contribution in [-0.4, -0.2) is 29.2 Å². The van der Waals surface area contributed by atoms with Crippen molar-refractivity contribution in [1.82, 2.24) is 5.01 Å². The minimum Gasteiger partial charge on any atom is -0.327 e. The van der Waals surface area contributed by atoms with E-state index in [1.54, 1.807) is 12.1 Å². The molecule has 1 atom stereocenters. The van der Waals surface area contributed by atoms with Crippen LogP contribution in [0.5, 0.6) is 0 Å². The van der Waals surface area contributed by atoms with E-state index in [-0.39, 0.29) is 18.4 Å². The van der Waals surface area contributed by atoms with Crippen LogP contribution in [0.15, 0.2) is 90.0 Å². The van der Waals surface area contributed by atoms with Crippen LogP contribution in [0.1, 0.15) is 36.4 Å². The molecule has 0 saturated heterocycles. The number of hydrogen-bond acceptors (Lipinski definition) is 5. The number of aryl methyl sites for hydroxylation is 1. The van der Waals surface area contributed by atoms with Crippen LogP contribution in [0, 0.1) is 18.3 Å². The van der Waals surface area contributed by atoms with E-state index in [9.17, 15) is 14.9 Å². The lowest BCUT2D eigenvalue weighted by molar-refractivity contribution is -0.136. The number of amidine groups is 1. The van der Waals surface area contributed by atoms with Crippen LogP contribution < -0.4 is 10.2 Å². The normalized spacial score (nSPS) is 14.7. The second kappa shape index (κ2) is 11.1. The summed E-state index contributed by atoms with van der Waals surface area (Å²) < 4.78 is 0. The number of amides is 2. The summed E-state index contributed by atoms with van der Waals surface area (Å²) in [6.07, 6.45) is 0.476. The third-order valence-corrected chi connectivity index (χ3v) is 5.87. The molecule has 35 heavy (non-hydrogen) atoms. The maximum absolute atomic E-state index is 13.3. The first-order valence-electron chi connectivity index (χ1n) is 11.6. The van der Waals surface area contributed by atoms with Gasteiger partial charge in [-0.3, -0.25) is 9.59 Å². The Morgan fingerprint density at radius 3 is 2.37 bits per heavy atom. The summed E-state index contributed by atoms with van der Waals surface area (Å²) >= 11 is 0. The second-order valence-corrected chi connectivity index (χ2v) is 8.32. The maximum atomic E-state index is 13.3. The van der Waals surface area contributed by atoms with Crippen molar-refractivity contribution in [3.05, 3.63) is 96.1 Å². The second-order valence-electron chi connectivity index (χ2n) is 8.32. The third-order valence-electron chi connectivity index (χ3n) is 5.87. The van der Waals surface area contributed by atoms with Gasteiger partial charge in [-0.1, -0.05) is 66.7 Å². The van der Waals surface area contributed by atoms with Crippen LogP contribution >= 0.6 is 0 Å². The van der Waals surface area contributed by atoms with E-state index in [1.807, 2.05) is 84.6 Å². The molecule has 7 nitrogen and oxygen atoms in total. The van der Waals surface area contributed by atoms with Gasteiger partial charge in [0.05, 0.1) is 18.5 Å². The molecule has 1 N–H and O–H groups in total. The molecule has 0 saturated carbocycles. The van der Waals surface area contributed by atoms with Gasteiger partial charge in [-0.25, -0.2) is 5.01 Å². The number of hydrogen-bond donors (Lipinski definition) is 1. The predicted octanol–water partition coefficient (Wildman–Crippen LogP) is 5.03. The molecule has 0 aliphatic carbocycles. The highest BCUT2D eigenvalue weighted by molar-refractivity contribution is 6.06. The molecule has 0 aromatic heterocycles. The average Bonchev–Trinajstić information content (AvgIpc) is 3.32. The standard InChI is InChI=1S/C28H27N5O2/c1-21-11-8-9-16-24(21)32(18-10-17-29)26-19-25(22-12-4-2-5-13-22)33(31-26)28(35)20-27(34)30-23-14-6-3-7-15-23/h2-9,11-16,25H,10,18-20H2,1H3,(H,30,34)/t25-/m0/s1. The first-order valence-corrected chi connectivity index (χ1v) is 11.6. The first kappa shape index (κ1) is 23.7. The quantitative estimate of drug-likeness (QED) is 0.496. The number of hydrazone groups is 1. The molecule has 1 heterocycles. The van der Waals surface area contributed by atoms with Crippen LogP contribution in [0.3, 0.4) is 0 Å². The summed E-state index contributed by atoms with van der Waals surface area (Å²) in [5.74, 6) is -0.0792. The van der Waals surface area contributed by atoms with Gasteiger partial charge in [0.1, 0.15) is 12.3 Å². The zero-order valence-electron chi connectivity index (χ0n) is 19.6. The van der Waals surface area contributed by atoms with Crippen LogP contribution in [0.2, 0.25) is 0 Å². The minimum atomic E-state index is -0.392. The Balaban J connectivity index is 1.62. The Labute approximate surface area is 205 Å². The Hall–Kier alpha value is -4.44. The fourth-order valence-electron chi connectivity index (χ4n) is 4.18. The van der Waals surface area contributed by atoms with Crippen molar-refractivity contribution in [3.63, 3.8) is 0 Å². The number of carbonyl (C=O) groups is 2. The topological polar surface area (TPSA) is 88.8 Å². The monoisotopic (exact) mass is 465 g/mol. The van der Waals surface area contributed by atoms with E-state index < -0.39 is 5.91 Å². The molecule has 0 radical (unpaired) electrons. The maximum Gasteiger partial charge on any atom is 0.252 e. The van der Waals surface area contributed by atoms with E-state index in [0.717, 1.165) is 16.8 Å². The van der Waals surface area contributed by atoms with E-state index in [2.05, 4.69) is 11.4 Å². The molecular formula is C28H27N5O2. The number of anilines is 2. The molecule has 3 aromatic carbocycles. The van der Waals surface area contributed by atoms with Crippen molar-refractivity contribution in [1.29, 1.82) is 5.26 Å². The third kappa shape index (κ3) is 5.74. The van der Waals surface area contributed by atoms with Gasteiger partial charge in [-0.05, 0) is 36.2 Å². The summed E-state index contributed by atoms with van der Waals surface area (Å²) in [4.78, 5) is 27.9. The molecule has 3 aromatic rings. The van der Waals surface area contributed by atoms with Crippen molar-refractivity contribution in [2.75, 3.05) is 16.8 Å². The highest BCUT2D eigenvalue weighted by Gasteiger charge is 2.35. The number of benzene rings is 3. The molecule has 1 aliphatic heterocycles. The van der Waals surface area contributed by atoms with Gasteiger partial charge < -0.3 is 10.2 Å². The molecule has 176 valence electrons. The van der Waals surface area contributed by atoms with Gasteiger partial charge in [0.2, 0.25) is 5.91 Å². The predicted molar refractivity (Wildman–Crippen MR) is 137 cm³/mol. The minimum absolute atomic E-state index is 0.316. The number of para-hydroxylation sites is 2. The summed E-state index contributed by atoms with van der Waals surface area (Å²) in [5.41, 5.74) is 3.58. The van der Waals surface area contributed by atoms with Gasteiger partial charge in [0.25, 0.3) is 5.91 Å². The van der Waals surface area contributed by atoms with Crippen molar-refractivity contribution in [2.24, 2.45) is 5.10 Å². The van der Waals surface area contributed by atoms with Crippen molar-refractivity contribution in [2.45, 2.75) is 32.2 Å². The molecule has 7 heteroatoms. The molecule has 0 spiro atoms. The van der Waals surface area contributed by atoms with Crippen molar-refractivity contribution < 1.29 is 9.59 Å². The first-order chi connectivity index (χ1) is 17.1. The van der Waals surface area contributed by atoms with Crippen molar-refractivity contribution in [3.8, 4) is 6.07 Å². The lowest BCUT2D eigenvalue weighted by Crippen LogP contribution is -2.31. The summed E-state index contributed by atoms with van der Waals surface area (Å²) in [7, 11) is 0. The van der Waals surface area contributed by atoms with E-state index in [4.69, 9.17) is 5.10 Å². The number of nitrogens with zero attached hydrogens (tertiary/aromatic N) is 4. The van der Waals surface area contributed by atoms with Gasteiger partial charge in [-0.2, -0.15) is 10.4 Å². The van der Waals surface area contributed by atoms with Crippen LogP contribution in [0.4, 0.5) is 11.4 Å². The molecule has 0 unspecified atom stereocenters. The summed E-state index contributed by atoms with van der Waals surface area (Å²) in [6, 6.07) is 28.5. The molecule has 0 bridgehead atoms. The zero-order valence-corrected chi connectivity index (χ0v) is 19.6. The van der Waals surface area contributed by atoms with Crippen LogP contribution in [0.25, 0.3) is 0 Å². The largest absolute Gasteiger partial charge is 0.327 e.